The highest BCUT2D eigenvalue weighted by atomic mass is 35.5. The first-order valence-electron chi connectivity index (χ1n) is 8.25. The van der Waals surface area contributed by atoms with E-state index in [1.165, 1.54) is 34.4 Å². The number of carbonyl (C=O) groups is 1. The summed E-state index contributed by atoms with van der Waals surface area (Å²) in [6, 6.07) is 12.9. The molecule has 11 heteroatoms. The van der Waals surface area contributed by atoms with Crippen molar-refractivity contribution in [3.8, 4) is 11.4 Å². The maximum atomic E-state index is 12.3. The van der Waals surface area contributed by atoms with Crippen LogP contribution in [0.15, 0.2) is 46.8 Å². The number of nitrogens with one attached hydrogen (secondary N) is 1. The number of hydrogen-bond acceptors (Lipinski definition) is 8. The molecule has 2 aromatic heterocycles. The molecule has 29 heavy (non-hydrogen) atoms. The highest BCUT2D eigenvalue weighted by Gasteiger charge is 2.12. The van der Waals surface area contributed by atoms with Crippen LogP contribution in [0.4, 0.5) is 5.13 Å². The molecule has 0 aliphatic heterocycles. The lowest BCUT2D eigenvalue weighted by Crippen LogP contribution is -2.13. The molecule has 0 atom stereocenters. The Bertz CT molecular complexity index is 1230. The average molecular weight is 481 g/mol. The molecule has 0 saturated heterocycles. The molecule has 0 aliphatic carbocycles. The van der Waals surface area contributed by atoms with Crippen LogP contribution >= 0.6 is 58.3 Å². The topological polar surface area (TPSA) is 69.0 Å². The zero-order chi connectivity index (χ0) is 20.4. The molecular weight excluding hydrogens is 468 g/mol. The molecule has 1 amide bonds. The smallest absolute Gasteiger partial charge is 0.236 e. The van der Waals surface area contributed by atoms with Gasteiger partial charge in [0.1, 0.15) is 5.75 Å². The van der Waals surface area contributed by atoms with Crippen molar-refractivity contribution in [2.24, 2.45) is 0 Å². The molecule has 0 fully saturated rings. The molecule has 2 heterocycles. The fourth-order valence-electron chi connectivity index (χ4n) is 2.43. The summed E-state index contributed by atoms with van der Waals surface area (Å²) in [6.07, 6.45) is 0. The third-order valence-corrected chi connectivity index (χ3v) is 7.32. The van der Waals surface area contributed by atoms with Gasteiger partial charge in [0.25, 0.3) is 0 Å². The molecule has 0 saturated carbocycles. The zero-order valence-corrected chi connectivity index (χ0v) is 18.9. The normalized spacial score (nSPS) is 11.0. The van der Waals surface area contributed by atoms with Crippen molar-refractivity contribution < 1.29 is 9.53 Å². The van der Waals surface area contributed by atoms with Crippen molar-refractivity contribution in [3.63, 3.8) is 0 Å². The fourth-order valence-corrected chi connectivity index (χ4v) is 5.63. The Morgan fingerprint density at radius 3 is 2.83 bits per heavy atom. The molecule has 1 N–H and O–H groups in total. The zero-order valence-electron chi connectivity index (χ0n) is 14.9. The van der Waals surface area contributed by atoms with E-state index in [4.69, 9.17) is 28.6 Å². The van der Waals surface area contributed by atoms with Crippen LogP contribution in [0.2, 0.25) is 5.02 Å². The Labute approximate surface area is 188 Å². The van der Waals surface area contributed by atoms with Gasteiger partial charge in [-0.15, -0.1) is 5.10 Å². The Morgan fingerprint density at radius 1 is 1.28 bits per heavy atom. The van der Waals surface area contributed by atoms with Gasteiger partial charge in [-0.05, 0) is 54.7 Å². The van der Waals surface area contributed by atoms with Gasteiger partial charge in [-0.3, -0.25) is 4.79 Å². The van der Waals surface area contributed by atoms with Crippen molar-refractivity contribution in [1.29, 1.82) is 0 Å². The monoisotopic (exact) mass is 480 g/mol. The second-order valence-electron chi connectivity index (χ2n) is 5.71. The summed E-state index contributed by atoms with van der Waals surface area (Å²) < 4.78 is 9.15. The van der Waals surface area contributed by atoms with Crippen molar-refractivity contribution in [3.05, 3.63) is 51.4 Å². The number of hydrogen-bond donors (Lipinski definition) is 1. The maximum Gasteiger partial charge on any atom is 0.236 e. The second-order valence-corrected chi connectivity index (χ2v) is 10.0. The quantitative estimate of drug-likeness (QED) is 0.283. The minimum Gasteiger partial charge on any atom is -0.497 e. The minimum atomic E-state index is -0.153. The minimum absolute atomic E-state index is 0.153. The SMILES string of the molecule is COc1ccc2nc(NC(=O)CSc3nn(-c4ccc(Cl)cc4)c(=S)s3)sc2c1. The van der Waals surface area contributed by atoms with Gasteiger partial charge in [-0.2, -0.15) is 0 Å². The number of amides is 1. The highest BCUT2D eigenvalue weighted by Crippen LogP contribution is 2.30. The standard InChI is InChI=1S/C18H13ClN4O2S4/c1-25-12-6-7-13-14(8-12)28-16(20-13)21-15(24)9-27-17-22-23(18(26)29-17)11-4-2-10(19)3-5-11/h2-8H,9H2,1H3,(H,20,21,24). The number of aromatic nitrogens is 3. The van der Waals surface area contributed by atoms with Crippen LogP contribution in [0.3, 0.4) is 0 Å². The summed E-state index contributed by atoms with van der Waals surface area (Å²) in [7, 11) is 1.62. The van der Waals surface area contributed by atoms with Crippen molar-refractivity contribution in [2.45, 2.75) is 4.34 Å². The van der Waals surface area contributed by atoms with Crippen LogP contribution in [-0.4, -0.2) is 33.5 Å². The molecule has 4 rings (SSSR count). The number of carbonyl (C=O) groups excluding carboxylic acids is 1. The second kappa shape index (κ2) is 8.80. The average Bonchev–Trinajstić information content (AvgIpc) is 3.28. The Hall–Kier alpha value is -1.98. The lowest BCUT2D eigenvalue weighted by atomic mass is 10.3. The van der Waals surface area contributed by atoms with E-state index >= 15 is 0 Å². The first-order valence-corrected chi connectivity index (χ1v) is 11.7. The molecular formula is C18H13ClN4O2S4. The number of ether oxygens (including phenoxy) is 1. The molecule has 148 valence electrons. The molecule has 0 radical (unpaired) electrons. The van der Waals surface area contributed by atoms with E-state index in [9.17, 15) is 4.79 Å². The molecule has 0 aliphatic rings. The number of thiazole rings is 1. The number of fused-ring (bicyclic) bond motifs is 1. The van der Waals surface area contributed by atoms with E-state index in [-0.39, 0.29) is 11.7 Å². The van der Waals surface area contributed by atoms with Crippen molar-refractivity contribution in [2.75, 3.05) is 18.2 Å². The van der Waals surface area contributed by atoms with Crippen molar-refractivity contribution >= 4 is 79.5 Å². The van der Waals surface area contributed by atoms with Crippen LogP contribution in [0.5, 0.6) is 5.75 Å². The molecule has 6 nitrogen and oxygen atoms in total. The predicted octanol–water partition coefficient (Wildman–Crippen LogP) is 5.67. The number of thioether (sulfide) groups is 1. The Morgan fingerprint density at radius 2 is 2.07 bits per heavy atom. The third-order valence-electron chi connectivity index (χ3n) is 3.77. The Kier molecular flexibility index (Phi) is 6.16. The van der Waals surface area contributed by atoms with E-state index in [0.29, 0.717) is 18.4 Å². The predicted molar refractivity (Wildman–Crippen MR) is 123 cm³/mol. The summed E-state index contributed by atoms with van der Waals surface area (Å²) in [5, 5.41) is 8.52. The lowest BCUT2D eigenvalue weighted by Gasteiger charge is -2.01. The Balaban J connectivity index is 1.40. The number of anilines is 1. The number of nitrogens with zero attached hydrogens (tertiary/aromatic N) is 3. The van der Waals surface area contributed by atoms with Crippen LogP contribution in [0, 0.1) is 3.95 Å². The summed E-state index contributed by atoms with van der Waals surface area (Å²) >= 11 is 15.4. The number of methoxy groups -OCH3 is 1. The first kappa shape index (κ1) is 20.3. The fraction of sp³-hybridized carbons (Fsp3) is 0.111. The van der Waals surface area contributed by atoms with E-state index in [0.717, 1.165) is 21.7 Å². The number of rotatable bonds is 6. The van der Waals surface area contributed by atoms with Gasteiger partial charge in [0.15, 0.2) is 13.4 Å². The van der Waals surface area contributed by atoms with E-state index in [2.05, 4.69) is 15.4 Å². The van der Waals surface area contributed by atoms with Gasteiger partial charge < -0.3 is 10.1 Å². The van der Waals surface area contributed by atoms with Crippen LogP contribution in [-0.2, 0) is 4.79 Å². The van der Waals surface area contributed by atoms with Crippen LogP contribution in [0.1, 0.15) is 0 Å². The van der Waals surface area contributed by atoms with Crippen molar-refractivity contribution in [1.82, 2.24) is 14.8 Å². The largest absolute Gasteiger partial charge is 0.497 e. The van der Waals surface area contributed by atoms with E-state index in [1.54, 1.807) is 23.9 Å². The highest BCUT2D eigenvalue weighted by molar-refractivity contribution is 8.01. The number of benzene rings is 2. The van der Waals surface area contributed by atoms with E-state index < -0.39 is 0 Å². The molecule has 4 aromatic rings. The van der Waals surface area contributed by atoms with Gasteiger partial charge >= 0.3 is 0 Å². The molecule has 0 unspecified atom stereocenters. The molecule has 2 aromatic carbocycles. The first-order chi connectivity index (χ1) is 14.0. The lowest BCUT2D eigenvalue weighted by molar-refractivity contribution is -0.113. The summed E-state index contributed by atoms with van der Waals surface area (Å²) in [4.78, 5) is 16.7. The van der Waals surface area contributed by atoms with Crippen LogP contribution in [0.25, 0.3) is 15.9 Å². The summed E-state index contributed by atoms with van der Waals surface area (Å²) in [6.45, 7) is 0. The van der Waals surface area contributed by atoms with Gasteiger partial charge in [-0.25, -0.2) is 9.67 Å². The number of halogens is 1. The van der Waals surface area contributed by atoms with Gasteiger partial charge in [0, 0.05) is 5.02 Å². The molecule has 0 bridgehead atoms. The summed E-state index contributed by atoms with van der Waals surface area (Å²) in [5.41, 5.74) is 1.65. The van der Waals surface area contributed by atoms with Gasteiger partial charge in [0.2, 0.25) is 5.91 Å². The molecule has 0 spiro atoms. The van der Waals surface area contributed by atoms with Crippen LogP contribution < -0.4 is 10.1 Å². The maximum absolute atomic E-state index is 12.3. The third kappa shape index (κ3) is 4.78. The van der Waals surface area contributed by atoms with Gasteiger partial charge in [0.05, 0.1) is 28.8 Å². The van der Waals surface area contributed by atoms with E-state index in [1.807, 2.05) is 30.3 Å². The summed E-state index contributed by atoms with van der Waals surface area (Å²) in [5.74, 6) is 0.814. The van der Waals surface area contributed by atoms with Gasteiger partial charge in [-0.1, -0.05) is 46.0 Å².